The van der Waals surface area contributed by atoms with Crippen molar-refractivity contribution >= 4 is 21.8 Å². The molecule has 0 spiro atoms. The van der Waals surface area contributed by atoms with Gasteiger partial charge in [0.2, 0.25) is 15.9 Å². The maximum Gasteiger partial charge on any atom is 0.251 e. The monoisotopic (exact) mass is 491 g/mol. The molecular formula is C24H30FN3O5S. The van der Waals surface area contributed by atoms with Gasteiger partial charge in [-0.15, -0.1) is 0 Å². The highest BCUT2D eigenvalue weighted by molar-refractivity contribution is 7.89. The summed E-state index contributed by atoms with van der Waals surface area (Å²) in [6, 6.07) is 9.95. The molecular weight excluding hydrogens is 461 g/mol. The van der Waals surface area contributed by atoms with Gasteiger partial charge in [-0.2, -0.15) is 4.31 Å². The molecule has 3 rings (SSSR count). The van der Waals surface area contributed by atoms with E-state index >= 15 is 0 Å². The van der Waals surface area contributed by atoms with E-state index in [-0.39, 0.29) is 47.7 Å². The number of ether oxygens (including phenoxy) is 1. The number of sulfonamides is 1. The quantitative estimate of drug-likeness (QED) is 0.525. The number of nitrogens with one attached hydrogen (secondary N) is 2. The normalized spacial score (nSPS) is 16.6. The van der Waals surface area contributed by atoms with Crippen molar-refractivity contribution in [3.05, 3.63) is 59.4 Å². The molecule has 8 nitrogen and oxygen atoms in total. The van der Waals surface area contributed by atoms with Gasteiger partial charge < -0.3 is 15.4 Å². The average molecular weight is 492 g/mol. The van der Waals surface area contributed by atoms with Gasteiger partial charge in [-0.25, -0.2) is 12.8 Å². The average Bonchev–Trinajstić information content (AvgIpc) is 2.81. The number of methoxy groups -OCH3 is 1. The zero-order chi connectivity index (χ0) is 24.7. The van der Waals surface area contributed by atoms with Crippen molar-refractivity contribution in [3.8, 4) is 5.75 Å². The summed E-state index contributed by atoms with van der Waals surface area (Å²) < 4.78 is 46.6. The molecule has 10 heteroatoms. The minimum absolute atomic E-state index is 0.0281. The molecule has 1 aliphatic heterocycles. The molecule has 0 aliphatic carbocycles. The maximum atomic E-state index is 13.3. The Morgan fingerprint density at radius 3 is 2.59 bits per heavy atom. The molecule has 1 unspecified atom stereocenters. The Morgan fingerprint density at radius 1 is 1.12 bits per heavy atom. The molecule has 2 aromatic rings. The molecule has 0 radical (unpaired) electrons. The van der Waals surface area contributed by atoms with E-state index in [9.17, 15) is 22.4 Å². The Bertz CT molecular complexity index is 1140. The van der Waals surface area contributed by atoms with Crippen LogP contribution in [0.1, 0.15) is 42.1 Å². The van der Waals surface area contributed by atoms with Crippen molar-refractivity contribution in [1.82, 2.24) is 14.9 Å². The van der Waals surface area contributed by atoms with Crippen LogP contribution < -0.4 is 15.4 Å². The molecule has 34 heavy (non-hydrogen) atoms. The number of rotatable bonds is 9. The van der Waals surface area contributed by atoms with Crippen LogP contribution in [0.5, 0.6) is 5.75 Å². The molecule has 1 atom stereocenters. The lowest BCUT2D eigenvalue weighted by Crippen LogP contribution is -2.42. The summed E-state index contributed by atoms with van der Waals surface area (Å²) in [7, 11) is -2.45. The number of nitrogens with zero attached hydrogens (tertiary/aromatic N) is 1. The first-order chi connectivity index (χ1) is 16.2. The molecule has 1 saturated heterocycles. The lowest BCUT2D eigenvalue weighted by molar-refractivity contribution is -0.120. The van der Waals surface area contributed by atoms with E-state index < -0.39 is 21.7 Å². The van der Waals surface area contributed by atoms with E-state index in [0.29, 0.717) is 12.1 Å². The zero-order valence-corrected chi connectivity index (χ0v) is 20.2. The van der Waals surface area contributed by atoms with E-state index in [1.807, 2.05) is 6.92 Å². The number of hydrogen-bond acceptors (Lipinski definition) is 5. The second kappa shape index (κ2) is 11.4. The van der Waals surface area contributed by atoms with Gasteiger partial charge in [0.1, 0.15) is 16.5 Å². The third-order valence-corrected chi connectivity index (χ3v) is 7.78. The SMILES string of the molecule is COc1ccc(C(=O)NCCNC(=O)Cc2cccc(F)c2)cc1S(=O)(=O)N1CCCCC1C. The van der Waals surface area contributed by atoms with Crippen LogP contribution in [0.25, 0.3) is 0 Å². The number of benzene rings is 2. The summed E-state index contributed by atoms with van der Waals surface area (Å²) in [5.74, 6) is -0.995. The third-order valence-electron chi connectivity index (χ3n) is 5.74. The lowest BCUT2D eigenvalue weighted by Gasteiger charge is -2.32. The minimum atomic E-state index is -3.83. The molecule has 0 aromatic heterocycles. The summed E-state index contributed by atoms with van der Waals surface area (Å²) in [4.78, 5) is 24.6. The van der Waals surface area contributed by atoms with Crippen molar-refractivity contribution in [3.63, 3.8) is 0 Å². The van der Waals surface area contributed by atoms with E-state index in [1.54, 1.807) is 6.07 Å². The predicted octanol–water partition coefficient (Wildman–Crippen LogP) is 2.49. The fraction of sp³-hybridized carbons (Fsp3) is 0.417. The Kier molecular flexibility index (Phi) is 8.62. The molecule has 1 heterocycles. The Balaban J connectivity index is 1.60. The molecule has 184 valence electrons. The maximum absolute atomic E-state index is 13.3. The number of carbonyl (C=O) groups excluding carboxylic acids is 2. The molecule has 0 saturated carbocycles. The van der Waals surface area contributed by atoms with Gasteiger partial charge in [0, 0.05) is 31.2 Å². The van der Waals surface area contributed by atoms with Crippen molar-refractivity contribution < 1.29 is 27.1 Å². The first kappa shape index (κ1) is 25.6. The van der Waals surface area contributed by atoms with E-state index in [1.165, 1.54) is 47.8 Å². The van der Waals surface area contributed by atoms with Crippen LogP contribution in [0, 0.1) is 5.82 Å². The van der Waals surface area contributed by atoms with Crippen molar-refractivity contribution in [2.75, 3.05) is 26.7 Å². The van der Waals surface area contributed by atoms with E-state index in [0.717, 1.165) is 19.3 Å². The van der Waals surface area contributed by atoms with Gasteiger partial charge in [0.25, 0.3) is 5.91 Å². The smallest absolute Gasteiger partial charge is 0.251 e. The first-order valence-corrected chi connectivity index (χ1v) is 12.7. The van der Waals surface area contributed by atoms with Gasteiger partial charge in [-0.3, -0.25) is 9.59 Å². The van der Waals surface area contributed by atoms with Crippen LogP contribution in [-0.2, 0) is 21.2 Å². The summed E-state index contributed by atoms with van der Waals surface area (Å²) in [5.41, 5.74) is 0.728. The summed E-state index contributed by atoms with van der Waals surface area (Å²) >= 11 is 0. The molecule has 1 fully saturated rings. The minimum Gasteiger partial charge on any atom is -0.495 e. The van der Waals surface area contributed by atoms with Crippen molar-refractivity contribution in [2.24, 2.45) is 0 Å². The Hall–Kier alpha value is -2.98. The number of amides is 2. The summed E-state index contributed by atoms with van der Waals surface area (Å²) in [5, 5.41) is 5.33. The Morgan fingerprint density at radius 2 is 1.88 bits per heavy atom. The van der Waals surface area contributed by atoms with Gasteiger partial charge in [-0.1, -0.05) is 18.6 Å². The molecule has 2 N–H and O–H groups in total. The van der Waals surface area contributed by atoms with Crippen molar-refractivity contribution in [1.29, 1.82) is 0 Å². The number of piperidine rings is 1. The zero-order valence-electron chi connectivity index (χ0n) is 19.3. The van der Waals surface area contributed by atoms with Crippen molar-refractivity contribution in [2.45, 2.75) is 43.5 Å². The fourth-order valence-corrected chi connectivity index (χ4v) is 5.83. The number of carbonyl (C=O) groups is 2. The highest BCUT2D eigenvalue weighted by Gasteiger charge is 2.33. The molecule has 2 amide bonds. The molecule has 0 bridgehead atoms. The van der Waals surface area contributed by atoms with Gasteiger partial charge in [0.15, 0.2) is 0 Å². The van der Waals surface area contributed by atoms with Crippen LogP contribution >= 0.6 is 0 Å². The van der Waals surface area contributed by atoms with Crippen LogP contribution in [0.2, 0.25) is 0 Å². The van der Waals surface area contributed by atoms with E-state index in [4.69, 9.17) is 4.74 Å². The summed E-state index contributed by atoms with van der Waals surface area (Å²) in [6.45, 7) is 2.62. The highest BCUT2D eigenvalue weighted by atomic mass is 32.2. The first-order valence-electron chi connectivity index (χ1n) is 11.2. The lowest BCUT2D eigenvalue weighted by atomic mass is 10.1. The van der Waals surface area contributed by atoms with E-state index in [2.05, 4.69) is 10.6 Å². The Labute approximate surface area is 199 Å². The second-order valence-electron chi connectivity index (χ2n) is 8.24. The number of hydrogen-bond donors (Lipinski definition) is 2. The van der Waals surface area contributed by atoms with Gasteiger partial charge in [-0.05, 0) is 55.7 Å². The van der Waals surface area contributed by atoms with Crippen LogP contribution in [0.15, 0.2) is 47.4 Å². The van der Waals surface area contributed by atoms with Crippen LogP contribution in [0.3, 0.4) is 0 Å². The largest absolute Gasteiger partial charge is 0.495 e. The summed E-state index contributed by atoms with van der Waals surface area (Å²) in [6.07, 6.45) is 2.58. The van der Waals surface area contributed by atoms with Gasteiger partial charge in [0.05, 0.1) is 13.5 Å². The fourth-order valence-electron chi connectivity index (χ4n) is 3.95. The standard InChI is InChI=1S/C24H30FN3O5S/c1-17-6-3-4-13-28(17)34(31,32)22-16-19(9-10-21(22)33-2)24(30)27-12-11-26-23(29)15-18-7-5-8-20(25)14-18/h5,7-10,14,16-17H,3-4,6,11-13,15H2,1-2H3,(H,26,29)(H,27,30). The highest BCUT2D eigenvalue weighted by Crippen LogP contribution is 2.31. The molecule has 2 aromatic carbocycles. The predicted molar refractivity (Wildman–Crippen MR) is 126 cm³/mol. The second-order valence-corrected chi connectivity index (χ2v) is 10.1. The van der Waals surface area contributed by atoms with Crippen LogP contribution in [0.4, 0.5) is 4.39 Å². The number of halogens is 1. The third kappa shape index (κ3) is 6.32. The van der Waals surface area contributed by atoms with Gasteiger partial charge >= 0.3 is 0 Å². The van der Waals surface area contributed by atoms with Crippen LogP contribution in [-0.4, -0.2) is 57.3 Å². The molecule has 1 aliphatic rings. The topological polar surface area (TPSA) is 105 Å².